The smallest absolute Gasteiger partial charge is 0.261 e. The number of rotatable bonds is 8. The summed E-state index contributed by atoms with van der Waals surface area (Å²) < 4.78 is 6.60. The third-order valence-electron chi connectivity index (χ3n) is 5.59. The van der Waals surface area contributed by atoms with E-state index in [-0.39, 0.29) is 31.0 Å². The Kier molecular flexibility index (Phi) is 8.79. The first-order valence-corrected chi connectivity index (χ1v) is 11.8. The van der Waals surface area contributed by atoms with Crippen molar-refractivity contribution in [2.45, 2.75) is 57.7 Å². The summed E-state index contributed by atoms with van der Waals surface area (Å²) in [6, 6.07) is 14.2. The van der Waals surface area contributed by atoms with Gasteiger partial charge in [-0.3, -0.25) is 9.59 Å². The SMILES string of the molecule is C[C@H](C(=O)NC1CCCCC1)N(Cc1ccccc1Cl)C(=O)COc1ccc(Br)cc1. The average Bonchev–Trinajstić information content (AvgIpc) is 2.78. The molecule has 1 N–H and O–H groups in total. The summed E-state index contributed by atoms with van der Waals surface area (Å²) in [7, 11) is 0. The maximum atomic E-state index is 13.1. The van der Waals surface area contributed by atoms with Gasteiger partial charge in [-0.05, 0) is 55.7 Å². The molecule has 7 heteroatoms. The average molecular weight is 508 g/mol. The van der Waals surface area contributed by atoms with E-state index in [0.717, 1.165) is 35.7 Å². The van der Waals surface area contributed by atoms with Crippen LogP contribution in [0.1, 0.15) is 44.6 Å². The second-order valence-corrected chi connectivity index (χ2v) is 9.20. The number of nitrogens with zero attached hydrogens (tertiary/aromatic N) is 1. The highest BCUT2D eigenvalue weighted by atomic mass is 79.9. The maximum absolute atomic E-state index is 13.1. The Morgan fingerprint density at radius 3 is 2.48 bits per heavy atom. The molecule has 0 unspecified atom stereocenters. The molecule has 3 rings (SSSR count). The Balaban J connectivity index is 1.71. The summed E-state index contributed by atoms with van der Waals surface area (Å²) in [6.45, 7) is 1.83. The number of hydrogen-bond acceptors (Lipinski definition) is 3. The largest absolute Gasteiger partial charge is 0.484 e. The van der Waals surface area contributed by atoms with Crippen molar-refractivity contribution in [1.29, 1.82) is 0 Å². The Morgan fingerprint density at radius 1 is 1.13 bits per heavy atom. The van der Waals surface area contributed by atoms with Gasteiger partial charge in [0.25, 0.3) is 5.91 Å². The lowest BCUT2D eigenvalue weighted by Gasteiger charge is -2.31. The van der Waals surface area contributed by atoms with E-state index in [1.54, 1.807) is 25.1 Å². The van der Waals surface area contributed by atoms with E-state index in [1.807, 2.05) is 30.3 Å². The van der Waals surface area contributed by atoms with Gasteiger partial charge < -0.3 is 15.0 Å². The van der Waals surface area contributed by atoms with Gasteiger partial charge in [-0.25, -0.2) is 0 Å². The van der Waals surface area contributed by atoms with Crippen LogP contribution in [-0.4, -0.2) is 35.4 Å². The zero-order valence-corrected chi connectivity index (χ0v) is 20.0. The molecule has 0 spiro atoms. The first kappa shape index (κ1) is 23.6. The van der Waals surface area contributed by atoms with Crippen LogP contribution in [0.5, 0.6) is 5.75 Å². The number of ether oxygens (including phenoxy) is 1. The molecule has 1 aliphatic rings. The molecule has 31 heavy (non-hydrogen) atoms. The molecule has 1 fully saturated rings. The molecule has 0 heterocycles. The Hall–Kier alpha value is -2.05. The lowest BCUT2D eigenvalue weighted by atomic mass is 9.95. The zero-order valence-electron chi connectivity index (χ0n) is 17.7. The highest BCUT2D eigenvalue weighted by Gasteiger charge is 2.28. The first-order valence-electron chi connectivity index (χ1n) is 10.7. The van der Waals surface area contributed by atoms with Crippen molar-refractivity contribution in [1.82, 2.24) is 10.2 Å². The van der Waals surface area contributed by atoms with Gasteiger partial charge in [0, 0.05) is 22.1 Å². The van der Waals surface area contributed by atoms with Gasteiger partial charge >= 0.3 is 0 Å². The fourth-order valence-electron chi connectivity index (χ4n) is 3.72. The fourth-order valence-corrected chi connectivity index (χ4v) is 4.18. The van der Waals surface area contributed by atoms with E-state index in [2.05, 4.69) is 21.2 Å². The summed E-state index contributed by atoms with van der Waals surface area (Å²) in [6.07, 6.45) is 5.45. The molecular weight excluding hydrogens is 480 g/mol. The van der Waals surface area contributed by atoms with Crippen molar-refractivity contribution in [3.63, 3.8) is 0 Å². The number of benzene rings is 2. The van der Waals surface area contributed by atoms with Gasteiger partial charge in [0.2, 0.25) is 5.91 Å². The minimum atomic E-state index is -0.640. The van der Waals surface area contributed by atoms with Crippen LogP contribution in [0.3, 0.4) is 0 Å². The summed E-state index contributed by atoms with van der Waals surface area (Å²) in [4.78, 5) is 27.6. The molecule has 2 amide bonds. The molecule has 0 aromatic heterocycles. The molecule has 1 aliphatic carbocycles. The van der Waals surface area contributed by atoms with Crippen LogP contribution < -0.4 is 10.1 Å². The normalized spacial score (nSPS) is 15.2. The standard InChI is InChI=1S/C24H28BrClN2O3/c1-17(24(30)27-20-8-3-2-4-9-20)28(15-18-7-5-6-10-22(18)26)23(29)16-31-21-13-11-19(25)12-14-21/h5-7,10-14,17,20H,2-4,8-9,15-16H2,1H3,(H,27,30)/t17-/m1/s1. The Labute approximate surface area is 197 Å². The monoisotopic (exact) mass is 506 g/mol. The predicted molar refractivity (Wildman–Crippen MR) is 126 cm³/mol. The van der Waals surface area contributed by atoms with Gasteiger partial charge in [-0.15, -0.1) is 0 Å². The Bertz CT molecular complexity index is 885. The molecule has 1 saturated carbocycles. The van der Waals surface area contributed by atoms with E-state index in [9.17, 15) is 9.59 Å². The molecule has 0 radical (unpaired) electrons. The third-order valence-corrected chi connectivity index (χ3v) is 6.49. The van der Waals surface area contributed by atoms with Gasteiger partial charge in [0.05, 0.1) is 0 Å². The summed E-state index contributed by atoms with van der Waals surface area (Å²) in [5, 5.41) is 3.69. The van der Waals surface area contributed by atoms with Crippen LogP contribution in [0.25, 0.3) is 0 Å². The topological polar surface area (TPSA) is 58.6 Å². The first-order chi connectivity index (χ1) is 14.9. The second-order valence-electron chi connectivity index (χ2n) is 7.88. The van der Waals surface area contributed by atoms with E-state index in [4.69, 9.17) is 16.3 Å². The second kappa shape index (κ2) is 11.5. The molecule has 2 aromatic rings. The van der Waals surface area contributed by atoms with Gasteiger partial charge in [-0.1, -0.05) is 65.0 Å². The molecular formula is C24H28BrClN2O3. The van der Waals surface area contributed by atoms with E-state index in [0.29, 0.717) is 10.8 Å². The highest BCUT2D eigenvalue weighted by molar-refractivity contribution is 9.10. The fraction of sp³-hybridized carbons (Fsp3) is 0.417. The molecule has 0 aliphatic heterocycles. The number of nitrogens with one attached hydrogen (secondary N) is 1. The van der Waals surface area contributed by atoms with Gasteiger partial charge in [0.15, 0.2) is 6.61 Å². The molecule has 166 valence electrons. The minimum Gasteiger partial charge on any atom is -0.484 e. The Morgan fingerprint density at radius 2 is 1.81 bits per heavy atom. The zero-order chi connectivity index (χ0) is 22.2. The molecule has 2 aromatic carbocycles. The van der Waals surface area contributed by atoms with Crippen molar-refractivity contribution in [3.05, 3.63) is 63.6 Å². The van der Waals surface area contributed by atoms with E-state index < -0.39 is 6.04 Å². The van der Waals surface area contributed by atoms with Crippen molar-refractivity contribution >= 4 is 39.3 Å². The van der Waals surface area contributed by atoms with Crippen molar-refractivity contribution in [2.24, 2.45) is 0 Å². The number of hydrogen-bond donors (Lipinski definition) is 1. The van der Waals surface area contributed by atoms with Gasteiger partial charge in [-0.2, -0.15) is 0 Å². The lowest BCUT2D eigenvalue weighted by molar-refractivity contribution is -0.142. The molecule has 0 bridgehead atoms. The van der Waals surface area contributed by atoms with Crippen LogP contribution in [0.15, 0.2) is 53.0 Å². The number of halogens is 2. The summed E-state index contributed by atoms with van der Waals surface area (Å²) >= 11 is 9.71. The third kappa shape index (κ3) is 6.97. The maximum Gasteiger partial charge on any atom is 0.261 e. The number of carbonyl (C=O) groups is 2. The summed E-state index contributed by atoms with van der Waals surface area (Å²) in [5.41, 5.74) is 0.790. The van der Waals surface area contributed by atoms with E-state index >= 15 is 0 Å². The van der Waals surface area contributed by atoms with Crippen LogP contribution in [0, 0.1) is 0 Å². The number of amides is 2. The summed E-state index contributed by atoms with van der Waals surface area (Å²) in [5.74, 6) is 0.179. The van der Waals surface area contributed by atoms with Crippen molar-refractivity contribution in [2.75, 3.05) is 6.61 Å². The van der Waals surface area contributed by atoms with Gasteiger partial charge in [0.1, 0.15) is 11.8 Å². The van der Waals surface area contributed by atoms with Crippen molar-refractivity contribution in [3.8, 4) is 5.75 Å². The van der Waals surface area contributed by atoms with Crippen molar-refractivity contribution < 1.29 is 14.3 Å². The van der Waals surface area contributed by atoms with Crippen LogP contribution in [0.2, 0.25) is 5.02 Å². The number of carbonyl (C=O) groups excluding carboxylic acids is 2. The molecule has 1 atom stereocenters. The van der Waals surface area contributed by atoms with Crippen LogP contribution >= 0.6 is 27.5 Å². The minimum absolute atomic E-state index is 0.143. The quantitative estimate of drug-likeness (QED) is 0.524. The highest BCUT2D eigenvalue weighted by Crippen LogP contribution is 2.21. The van der Waals surface area contributed by atoms with E-state index in [1.165, 1.54) is 11.3 Å². The predicted octanol–water partition coefficient (Wildman–Crippen LogP) is 5.35. The van der Waals surface area contributed by atoms with Crippen LogP contribution in [-0.2, 0) is 16.1 Å². The lowest BCUT2D eigenvalue weighted by Crippen LogP contribution is -2.51. The van der Waals surface area contributed by atoms with Crippen LogP contribution in [0.4, 0.5) is 0 Å². The molecule has 5 nitrogen and oxygen atoms in total. The molecule has 0 saturated heterocycles.